The zero-order chi connectivity index (χ0) is 29.1. The lowest BCUT2D eigenvalue weighted by atomic mass is 9.92. The minimum atomic E-state index is -4.82. The normalized spacial score (nSPS) is 20.1. The lowest BCUT2D eigenvalue weighted by molar-refractivity contribution is -0.388. The Morgan fingerprint density at radius 1 is 1.05 bits per heavy atom. The van der Waals surface area contributed by atoms with Gasteiger partial charge in [0.2, 0.25) is 0 Å². The number of carbonyl (C=O) groups excluding carboxylic acids is 1. The molecule has 2 N–H and O–H groups in total. The van der Waals surface area contributed by atoms with Crippen LogP contribution in [-0.4, -0.2) is 64.7 Å². The number of nitro benzene ring substituents is 1. The fourth-order valence-corrected chi connectivity index (χ4v) is 4.95. The van der Waals surface area contributed by atoms with Crippen LogP contribution in [0, 0.1) is 10.1 Å². The number of nitrogens with zero attached hydrogens (tertiary/aromatic N) is 4. The predicted octanol–water partition coefficient (Wildman–Crippen LogP) is 5.44. The van der Waals surface area contributed by atoms with Crippen LogP contribution >= 0.6 is 0 Å². The maximum atomic E-state index is 13.3. The Labute approximate surface area is 231 Å². The van der Waals surface area contributed by atoms with Gasteiger partial charge in [-0.15, -0.1) is 0 Å². The number of nitro groups is 1. The Kier molecular flexibility index (Phi) is 8.59. The van der Waals surface area contributed by atoms with Crippen molar-refractivity contribution in [1.82, 2.24) is 15.2 Å². The van der Waals surface area contributed by atoms with Gasteiger partial charge in [-0.1, -0.05) is 0 Å². The zero-order valence-corrected chi connectivity index (χ0v) is 22.8. The van der Waals surface area contributed by atoms with Crippen LogP contribution in [-0.2, 0) is 6.18 Å². The molecular weight excluding hydrogens is 529 g/mol. The standard InChI is InChI=1S/C27H35F3N6O4/c1-26(2,3)33-25(37)35-14-12-34(13-15-35)24-17-21(10-11-31-24)40-20-7-4-18(5-8-20)32-19-6-9-23(36(38)39)22(16-19)27(28,29)30/h6,9-11,16-18,20,32H,4-5,7-8,12-15H2,1-3H3,(H,33,37). The van der Waals surface area contributed by atoms with E-state index in [1.54, 1.807) is 17.2 Å². The van der Waals surface area contributed by atoms with Crippen molar-refractivity contribution >= 4 is 23.2 Å². The number of hydrogen-bond donors (Lipinski definition) is 2. The molecule has 40 heavy (non-hydrogen) atoms. The van der Waals surface area contributed by atoms with Gasteiger partial charge in [0.25, 0.3) is 5.69 Å². The van der Waals surface area contributed by atoms with Gasteiger partial charge < -0.3 is 25.2 Å². The van der Waals surface area contributed by atoms with Crippen molar-refractivity contribution in [2.75, 3.05) is 36.4 Å². The van der Waals surface area contributed by atoms with E-state index in [-0.39, 0.29) is 29.4 Å². The van der Waals surface area contributed by atoms with Crippen LogP contribution in [0.3, 0.4) is 0 Å². The van der Waals surface area contributed by atoms with Crippen LogP contribution in [0.25, 0.3) is 0 Å². The van der Waals surface area contributed by atoms with E-state index in [0.29, 0.717) is 57.6 Å². The summed E-state index contributed by atoms with van der Waals surface area (Å²) in [4.78, 5) is 30.8. The van der Waals surface area contributed by atoms with Crippen molar-refractivity contribution in [3.63, 3.8) is 0 Å². The second kappa shape index (κ2) is 11.8. The van der Waals surface area contributed by atoms with Crippen molar-refractivity contribution in [1.29, 1.82) is 0 Å². The first-order chi connectivity index (χ1) is 18.8. The van der Waals surface area contributed by atoms with Gasteiger partial charge in [-0.2, -0.15) is 13.2 Å². The SMILES string of the molecule is CC(C)(C)NC(=O)N1CCN(c2cc(OC3CCC(Nc4ccc([N+](=O)[O-])c(C(F)(F)F)c4)CC3)ccn2)CC1. The molecule has 0 atom stereocenters. The van der Waals surface area contributed by atoms with Gasteiger partial charge in [0.1, 0.15) is 17.1 Å². The van der Waals surface area contributed by atoms with E-state index in [1.165, 1.54) is 6.07 Å². The number of nitrogens with one attached hydrogen (secondary N) is 2. The highest BCUT2D eigenvalue weighted by Gasteiger charge is 2.38. The fourth-order valence-electron chi connectivity index (χ4n) is 4.95. The minimum Gasteiger partial charge on any atom is -0.490 e. The number of pyridine rings is 1. The van der Waals surface area contributed by atoms with Crippen molar-refractivity contribution < 1.29 is 27.6 Å². The summed E-state index contributed by atoms with van der Waals surface area (Å²) in [6.45, 7) is 8.34. The van der Waals surface area contributed by atoms with Gasteiger partial charge in [-0.25, -0.2) is 9.78 Å². The first kappa shape index (κ1) is 29.2. The van der Waals surface area contributed by atoms with Gasteiger partial charge in [0.05, 0.1) is 11.0 Å². The Balaban J connectivity index is 1.28. The summed E-state index contributed by atoms with van der Waals surface area (Å²) < 4.78 is 46.1. The number of piperazine rings is 1. The lowest BCUT2D eigenvalue weighted by Gasteiger charge is -2.37. The Bertz CT molecular complexity index is 1200. The van der Waals surface area contributed by atoms with Crippen molar-refractivity contribution in [3.05, 3.63) is 52.2 Å². The average molecular weight is 565 g/mol. The molecule has 1 saturated heterocycles. The number of halogens is 3. The first-order valence-corrected chi connectivity index (χ1v) is 13.4. The molecule has 2 fully saturated rings. The monoisotopic (exact) mass is 564 g/mol. The number of amides is 2. The Hall–Kier alpha value is -3.77. The van der Waals surface area contributed by atoms with E-state index < -0.39 is 22.4 Å². The summed E-state index contributed by atoms with van der Waals surface area (Å²) >= 11 is 0. The molecule has 4 rings (SSSR count). The quantitative estimate of drug-likeness (QED) is 0.355. The van der Waals surface area contributed by atoms with Crippen LogP contribution in [0.5, 0.6) is 5.75 Å². The number of urea groups is 1. The molecule has 0 radical (unpaired) electrons. The van der Waals surface area contributed by atoms with Gasteiger partial charge in [0, 0.05) is 61.8 Å². The van der Waals surface area contributed by atoms with Gasteiger partial charge >= 0.3 is 12.2 Å². The Morgan fingerprint density at radius 2 is 1.73 bits per heavy atom. The van der Waals surface area contributed by atoms with E-state index in [0.717, 1.165) is 18.0 Å². The van der Waals surface area contributed by atoms with E-state index in [4.69, 9.17) is 4.74 Å². The van der Waals surface area contributed by atoms with E-state index >= 15 is 0 Å². The fraction of sp³-hybridized carbons (Fsp3) is 0.556. The summed E-state index contributed by atoms with van der Waals surface area (Å²) in [5.74, 6) is 1.47. The number of rotatable bonds is 6. The van der Waals surface area contributed by atoms with Crippen molar-refractivity contribution in [2.24, 2.45) is 0 Å². The van der Waals surface area contributed by atoms with Gasteiger partial charge in [-0.3, -0.25) is 10.1 Å². The molecule has 2 aromatic rings. The minimum absolute atomic E-state index is 0.0474. The van der Waals surface area contributed by atoms with Crippen LogP contribution < -0.4 is 20.3 Å². The molecule has 13 heteroatoms. The third kappa shape index (κ3) is 7.66. The summed E-state index contributed by atoms with van der Waals surface area (Å²) in [7, 11) is 0. The third-order valence-electron chi connectivity index (χ3n) is 6.94. The molecule has 1 aromatic carbocycles. The van der Waals surface area contributed by atoms with Gasteiger partial charge in [0.15, 0.2) is 0 Å². The summed E-state index contributed by atoms with van der Waals surface area (Å²) in [5, 5.41) is 17.1. The molecule has 1 aromatic heterocycles. The molecule has 218 valence electrons. The maximum Gasteiger partial charge on any atom is 0.423 e. The molecule has 1 aliphatic carbocycles. The maximum absolute atomic E-state index is 13.3. The Morgan fingerprint density at radius 3 is 2.33 bits per heavy atom. The van der Waals surface area contributed by atoms with Crippen LogP contribution in [0.2, 0.25) is 0 Å². The number of carbonyl (C=O) groups is 1. The van der Waals surface area contributed by atoms with Gasteiger partial charge in [-0.05, 0) is 64.7 Å². The molecule has 1 aliphatic heterocycles. The highest BCUT2D eigenvalue weighted by Crippen LogP contribution is 2.38. The first-order valence-electron chi connectivity index (χ1n) is 13.4. The predicted molar refractivity (Wildman–Crippen MR) is 145 cm³/mol. The van der Waals surface area contributed by atoms with E-state index in [9.17, 15) is 28.1 Å². The largest absolute Gasteiger partial charge is 0.490 e. The highest BCUT2D eigenvalue weighted by atomic mass is 19.4. The summed E-state index contributed by atoms with van der Waals surface area (Å²) in [6.07, 6.45) is -0.397. The molecule has 0 bridgehead atoms. The number of aromatic nitrogens is 1. The molecule has 2 amide bonds. The topological polar surface area (TPSA) is 113 Å². The van der Waals surface area contributed by atoms with Crippen LogP contribution in [0.1, 0.15) is 52.0 Å². The van der Waals surface area contributed by atoms with Crippen LogP contribution in [0.4, 0.5) is 35.2 Å². The number of ether oxygens (including phenoxy) is 1. The number of benzene rings is 1. The smallest absolute Gasteiger partial charge is 0.423 e. The molecule has 10 nitrogen and oxygen atoms in total. The van der Waals surface area contributed by atoms with Crippen molar-refractivity contribution in [2.45, 2.75) is 70.3 Å². The molecule has 1 saturated carbocycles. The average Bonchev–Trinajstić information content (AvgIpc) is 2.88. The zero-order valence-electron chi connectivity index (χ0n) is 22.8. The van der Waals surface area contributed by atoms with E-state index in [1.807, 2.05) is 26.8 Å². The molecule has 0 spiro atoms. The molecule has 0 unspecified atom stereocenters. The van der Waals surface area contributed by atoms with Crippen molar-refractivity contribution in [3.8, 4) is 5.75 Å². The second-order valence-corrected chi connectivity index (χ2v) is 11.2. The second-order valence-electron chi connectivity index (χ2n) is 11.2. The number of hydrogen-bond acceptors (Lipinski definition) is 7. The number of anilines is 2. The molecular formula is C27H35F3N6O4. The molecule has 2 aliphatic rings. The summed E-state index contributed by atoms with van der Waals surface area (Å²) in [6, 6.07) is 6.56. The lowest BCUT2D eigenvalue weighted by Crippen LogP contribution is -2.55. The summed E-state index contributed by atoms with van der Waals surface area (Å²) in [5.41, 5.74) is -2.31. The highest BCUT2D eigenvalue weighted by molar-refractivity contribution is 5.75. The van der Waals surface area contributed by atoms with E-state index in [2.05, 4.69) is 20.5 Å². The van der Waals surface area contributed by atoms with Crippen LogP contribution in [0.15, 0.2) is 36.5 Å². The molecule has 2 heterocycles. The number of alkyl halides is 3. The third-order valence-corrected chi connectivity index (χ3v) is 6.94.